The quantitative estimate of drug-likeness (QED) is 0.731. The number of amides is 2. The lowest BCUT2D eigenvalue weighted by molar-refractivity contribution is -0.152. The van der Waals surface area contributed by atoms with Crippen LogP contribution in [0.25, 0.3) is 0 Å². The van der Waals surface area contributed by atoms with E-state index in [4.69, 9.17) is 4.74 Å². The van der Waals surface area contributed by atoms with Gasteiger partial charge in [0.2, 0.25) is 5.91 Å². The first-order valence-corrected chi connectivity index (χ1v) is 8.27. The van der Waals surface area contributed by atoms with Gasteiger partial charge >= 0.3 is 6.09 Å². The van der Waals surface area contributed by atoms with Gasteiger partial charge in [0.15, 0.2) is 0 Å². The molecule has 1 aliphatic heterocycles. The van der Waals surface area contributed by atoms with Crippen LogP contribution in [0.1, 0.15) is 48.0 Å². The van der Waals surface area contributed by atoms with Crippen molar-refractivity contribution < 1.29 is 14.3 Å². The highest BCUT2D eigenvalue weighted by atomic mass is 16.6. The van der Waals surface area contributed by atoms with E-state index in [9.17, 15) is 9.59 Å². The van der Waals surface area contributed by atoms with Gasteiger partial charge < -0.3 is 9.64 Å². The van der Waals surface area contributed by atoms with Gasteiger partial charge in [-0.3, -0.25) is 9.80 Å². The highest BCUT2D eigenvalue weighted by Gasteiger charge is 2.36. The summed E-state index contributed by atoms with van der Waals surface area (Å²) in [5, 5.41) is 3.85. The van der Waals surface area contributed by atoms with Crippen LogP contribution in [0.4, 0.5) is 4.79 Å². The van der Waals surface area contributed by atoms with Crippen LogP contribution in [-0.2, 0) is 9.53 Å². The second-order valence-corrected chi connectivity index (χ2v) is 6.60. The van der Waals surface area contributed by atoms with Crippen molar-refractivity contribution in [3.8, 4) is 0 Å². The van der Waals surface area contributed by atoms with Crippen molar-refractivity contribution in [1.29, 1.82) is 0 Å². The fourth-order valence-corrected chi connectivity index (χ4v) is 2.73. The van der Waals surface area contributed by atoms with E-state index in [0.29, 0.717) is 26.1 Å². The van der Waals surface area contributed by atoms with E-state index in [1.165, 1.54) is 0 Å². The Morgan fingerprint density at radius 1 is 1.14 bits per heavy atom. The SMILES string of the molecule is CCN(CC)N(CC)C(=O)C1CCN(C(=O)OC(C)(C)C)C1. The zero-order valence-electron chi connectivity index (χ0n) is 14.9. The van der Waals surface area contributed by atoms with Crippen molar-refractivity contribution in [3.63, 3.8) is 0 Å². The fraction of sp³-hybridized carbons (Fsp3) is 0.875. The highest BCUT2D eigenvalue weighted by Crippen LogP contribution is 2.22. The molecule has 6 heteroatoms. The van der Waals surface area contributed by atoms with Crippen molar-refractivity contribution in [2.45, 2.75) is 53.6 Å². The van der Waals surface area contributed by atoms with Crippen molar-refractivity contribution in [2.24, 2.45) is 5.92 Å². The minimum atomic E-state index is -0.504. The molecule has 1 saturated heterocycles. The van der Waals surface area contributed by atoms with E-state index < -0.39 is 5.60 Å². The predicted molar refractivity (Wildman–Crippen MR) is 86.2 cm³/mol. The van der Waals surface area contributed by atoms with E-state index >= 15 is 0 Å². The Kier molecular flexibility index (Phi) is 6.66. The summed E-state index contributed by atoms with van der Waals surface area (Å²) in [7, 11) is 0. The number of ether oxygens (including phenoxy) is 1. The maximum absolute atomic E-state index is 12.7. The highest BCUT2D eigenvalue weighted by molar-refractivity contribution is 5.80. The molecule has 2 amide bonds. The van der Waals surface area contributed by atoms with E-state index in [1.54, 1.807) is 4.90 Å². The summed E-state index contributed by atoms with van der Waals surface area (Å²) in [6, 6.07) is 0. The molecular weight excluding hydrogens is 282 g/mol. The molecule has 22 heavy (non-hydrogen) atoms. The lowest BCUT2D eigenvalue weighted by Gasteiger charge is -2.34. The molecule has 0 spiro atoms. The van der Waals surface area contributed by atoms with Crippen LogP contribution in [0.3, 0.4) is 0 Å². The van der Waals surface area contributed by atoms with Gasteiger partial charge in [0.1, 0.15) is 5.60 Å². The van der Waals surface area contributed by atoms with Gasteiger partial charge in [0, 0.05) is 32.7 Å². The molecule has 1 aliphatic rings. The number of carbonyl (C=O) groups excluding carboxylic acids is 2. The Hall–Kier alpha value is -1.30. The zero-order chi connectivity index (χ0) is 16.9. The number of hydrogen-bond acceptors (Lipinski definition) is 4. The number of likely N-dealkylation sites (tertiary alicyclic amines) is 1. The maximum Gasteiger partial charge on any atom is 0.410 e. The molecule has 1 atom stereocenters. The topological polar surface area (TPSA) is 53.1 Å². The Labute approximate surface area is 134 Å². The number of hydrazine groups is 1. The molecule has 128 valence electrons. The Bertz CT molecular complexity index is 389. The molecule has 0 aromatic carbocycles. The average molecular weight is 313 g/mol. The number of nitrogens with zero attached hydrogens (tertiary/aromatic N) is 3. The number of rotatable bonds is 5. The smallest absolute Gasteiger partial charge is 0.410 e. The van der Waals surface area contributed by atoms with Crippen LogP contribution in [0.15, 0.2) is 0 Å². The molecule has 1 rings (SSSR count). The third-order valence-electron chi connectivity index (χ3n) is 3.81. The minimum Gasteiger partial charge on any atom is -0.444 e. The molecule has 0 aromatic heterocycles. The monoisotopic (exact) mass is 313 g/mol. The predicted octanol–water partition coefficient (Wildman–Crippen LogP) is 2.35. The second kappa shape index (κ2) is 7.81. The second-order valence-electron chi connectivity index (χ2n) is 6.60. The molecule has 0 bridgehead atoms. The van der Waals surface area contributed by atoms with Crippen molar-refractivity contribution in [3.05, 3.63) is 0 Å². The Morgan fingerprint density at radius 3 is 2.18 bits per heavy atom. The Morgan fingerprint density at radius 2 is 1.73 bits per heavy atom. The summed E-state index contributed by atoms with van der Waals surface area (Å²) >= 11 is 0. The summed E-state index contributed by atoms with van der Waals surface area (Å²) in [5.41, 5.74) is -0.504. The molecular formula is C16H31N3O3. The summed E-state index contributed by atoms with van der Waals surface area (Å²) in [6.45, 7) is 14.9. The lowest BCUT2D eigenvalue weighted by atomic mass is 10.1. The van der Waals surface area contributed by atoms with Crippen LogP contribution in [-0.4, -0.2) is 65.2 Å². The first-order valence-electron chi connectivity index (χ1n) is 8.27. The van der Waals surface area contributed by atoms with Gasteiger partial charge in [-0.05, 0) is 34.1 Å². The van der Waals surface area contributed by atoms with Crippen molar-refractivity contribution in [1.82, 2.24) is 14.9 Å². The van der Waals surface area contributed by atoms with Crippen LogP contribution in [0.5, 0.6) is 0 Å². The maximum atomic E-state index is 12.7. The van der Waals surface area contributed by atoms with Crippen molar-refractivity contribution >= 4 is 12.0 Å². The van der Waals surface area contributed by atoms with Crippen LogP contribution < -0.4 is 0 Å². The largest absolute Gasteiger partial charge is 0.444 e. The molecule has 0 aromatic rings. The molecule has 1 fully saturated rings. The van der Waals surface area contributed by atoms with Gasteiger partial charge in [-0.15, -0.1) is 0 Å². The third-order valence-corrected chi connectivity index (χ3v) is 3.81. The average Bonchev–Trinajstić information content (AvgIpc) is 2.92. The van der Waals surface area contributed by atoms with E-state index in [1.807, 2.05) is 51.6 Å². The first kappa shape index (κ1) is 18.7. The van der Waals surface area contributed by atoms with Gasteiger partial charge in [0.25, 0.3) is 0 Å². The van der Waals surface area contributed by atoms with Crippen LogP contribution in [0.2, 0.25) is 0 Å². The van der Waals surface area contributed by atoms with E-state index in [2.05, 4.69) is 0 Å². The van der Waals surface area contributed by atoms with Gasteiger partial charge in [0.05, 0.1) is 5.92 Å². The fourth-order valence-electron chi connectivity index (χ4n) is 2.73. The van der Waals surface area contributed by atoms with Crippen LogP contribution in [0, 0.1) is 5.92 Å². The first-order chi connectivity index (χ1) is 10.2. The normalized spacial score (nSPS) is 18.7. The number of hydrogen-bond donors (Lipinski definition) is 0. The molecule has 0 aliphatic carbocycles. The molecule has 1 unspecified atom stereocenters. The summed E-state index contributed by atoms with van der Waals surface area (Å²) in [6.07, 6.45) is 0.379. The van der Waals surface area contributed by atoms with Crippen LogP contribution >= 0.6 is 0 Å². The van der Waals surface area contributed by atoms with Gasteiger partial charge in [-0.1, -0.05) is 13.8 Å². The molecule has 6 nitrogen and oxygen atoms in total. The summed E-state index contributed by atoms with van der Waals surface area (Å²) in [5.74, 6) is -0.0228. The summed E-state index contributed by atoms with van der Waals surface area (Å²) in [4.78, 5) is 26.4. The Balaban J connectivity index is 2.65. The molecule has 0 N–H and O–H groups in total. The zero-order valence-corrected chi connectivity index (χ0v) is 14.9. The number of carbonyl (C=O) groups is 2. The van der Waals surface area contributed by atoms with Gasteiger partial charge in [-0.2, -0.15) is 0 Å². The molecule has 0 radical (unpaired) electrons. The van der Waals surface area contributed by atoms with E-state index in [-0.39, 0.29) is 17.9 Å². The van der Waals surface area contributed by atoms with Crippen molar-refractivity contribution in [2.75, 3.05) is 32.7 Å². The molecule has 0 saturated carbocycles. The third kappa shape index (κ3) is 4.87. The standard InChI is InChI=1S/C16H31N3O3/c1-7-18(8-2)19(9-3)14(20)13-10-11-17(12-13)15(21)22-16(4,5)6/h13H,7-12H2,1-6H3. The molecule has 1 heterocycles. The van der Waals surface area contributed by atoms with Gasteiger partial charge in [-0.25, -0.2) is 9.80 Å². The van der Waals surface area contributed by atoms with E-state index in [0.717, 1.165) is 13.1 Å². The minimum absolute atomic E-state index is 0.109. The summed E-state index contributed by atoms with van der Waals surface area (Å²) < 4.78 is 5.38. The lowest BCUT2D eigenvalue weighted by Crippen LogP contribution is -2.49.